The van der Waals surface area contributed by atoms with Crippen LogP contribution in [0.15, 0.2) is 91.6 Å². The maximum Gasteiger partial charge on any atom is 0.266 e. The van der Waals surface area contributed by atoms with Crippen LogP contribution in [0, 0.1) is 0 Å². The van der Waals surface area contributed by atoms with Gasteiger partial charge >= 0.3 is 0 Å². The summed E-state index contributed by atoms with van der Waals surface area (Å²) in [5, 5.41) is 10.9. The van der Waals surface area contributed by atoms with Gasteiger partial charge in [-0.1, -0.05) is 51.1 Å². The van der Waals surface area contributed by atoms with E-state index in [0.717, 1.165) is 11.1 Å². The first kappa shape index (κ1) is 43.5. The van der Waals surface area contributed by atoms with Crippen molar-refractivity contribution in [1.29, 1.82) is 0 Å². The SMILES string of the molecule is C.C.CCc1ccc(OC)c(S(=O)(=O)Nc2noc3ccc(C(=O)NC)cc23)c1.CCc1ccc(OC)c(S(=O)(=O)Nc2noc3ccc(C(C)=O)cc23)c1. The Morgan fingerprint density at radius 1 is 0.655 bits per heavy atom. The summed E-state index contributed by atoms with van der Waals surface area (Å²) >= 11 is 0. The Bertz CT molecular complexity index is 2550. The number of nitrogens with zero attached hydrogens (tertiary/aromatic N) is 2. The smallest absolute Gasteiger partial charge is 0.266 e. The van der Waals surface area contributed by atoms with E-state index in [1.165, 1.54) is 34.3 Å². The van der Waals surface area contributed by atoms with Gasteiger partial charge in [0.2, 0.25) is 0 Å². The largest absolute Gasteiger partial charge is 0.495 e. The summed E-state index contributed by atoms with van der Waals surface area (Å²) in [5.41, 5.74) is 3.24. The molecule has 0 aliphatic heterocycles. The Labute approximate surface area is 320 Å². The van der Waals surface area contributed by atoms with Crippen molar-refractivity contribution in [2.24, 2.45) is 0 Å². The molecule has 15 nitrogen and oxygen atoms in total. The van der Waals surface area contributed by atoms with Gasteiger partial charge in [0, 0.05) is 18.2 Å². The Kier molecular flexibility index (Phi) is 14.2. The number of anilines is 2. The van der Waals surface area contributed by atoms with E-state index >= 15 is 0 Å². The van der Waals surface area contributed by atoms with Gasteiger partial charge in [0.05, 0.1) is 25.0 Å². The second-order valence-corrected chi connectivity index (χ2v) is 14.8. The fourth-order valence-corrected chi connectivity index (χ4v) is 7.66. The molecular formula is C38H45N5O10S2. The lowest BCUT2D eigenvalue weighted by atomic mass is 10.1. The maximum absolute atomic E-state index is 12.9. The van der Waals surface area contributed by atoms with Crippen LogP contribution in [0.1, 0.15) is 67.5 Å². The number of hydrogen-bond donors (Lipinski definition) is 3. The number of benzene rings is 4. The van der Waals surface area contributed by atoms with Crippen molar-refractivity contribution in [3.8, 4) is 11.5 Å². The molecule has 2 aromatic heterocycles. The van der Waals surface area contributed by atoms with Gasteiger partial charge in [0.1, 0.15) is 21.3 Å². The molecule has 0 saturated heterocycles. The summed E-state index contributed by atoms with van der Waals surface area (Å²) in [7, 11) is -3.63. The first-order chi connectivity index (χ1) is 25.2. The van der Waals surface area contributed by atoms with Gasteiger partial charge in [-0.2, -0.15) is 0 Å². The first-order valence-corrected chi connectivity index (χ1v) is 19.1. The zero-order valence-corrected chi connectivity index (χ0v) is 31.3. The van der Waals surface area contributed by atoms with Crippen LogP contribution < -0.4 is 24.2 Å². The number of sulfonamides is 2. The number of nitrogens with one attached hydrogen (secondary N) is 3. The zero-order valence-electron chi connectivity index (χ0n) is 29.6. The predicted octanol–water partition coefficient (Wildman–Crippen LogP) is 7.23. The van der Waals surface area contributed by atoms with Crippen LogP contribution in [0.25, 0.3) is 21.9 Å². The van der Waals surface area contributed by atoms with Gasteiger partial charge in [0.15, 0.2) is 28.6 Å². The minimum absolute atomic E-state index is 0. The van der Waals surface area contributed by atoms with Crippen LogP contribution in [-0.2, 0) is 32.9 Å². The second-order valence-electron chi connectivity index (χ2n) is 11.5. The Morgan fingerprint density at radius 2 is 1.07 bits per heavy atom. The lowest BCUT2D eigenvalue weighted by Crippen LogP contribution is -2.17. The van der Waals surface area contributed by atoms with Gasteiger partial charge < -0.3 is 23.8 Å². The van der Waals surface area contributed by atoms with Crippen molar-refractivity contribution < 1.29 is 44.9 Å². The van der Waals surface area contributed by atoms with E-state index in [-0.39, 0.29) is 59.5 Å². The van der Waals surface area contributed by atoms with Crippen molar-refractivity contribution >= 4 is 65.3 Å². The molecule has 6 aromatic rings. The van der Waals surface area contributed by atoms with E-state index in [9.17, 15) is 26.4 Å². The molecule has 0 aliphatic carbocycles. The molecule has 0 aliphatic rings. The monoisotopic (exact) mass is 795 g/mol. The third-order valence-electron chi connectivity index (χ3n) is 8.15. The average Bonchev–Trinajstić information content (AvgIpc) is 3.76. The number of amides is 1. The summed E-state index contributed by atoms with van der Waals surface area (Å²) in [4.78, 5) is 23.4. The van der Waals surface area contributed by atoms with Crippen molar-refractivity contribution in [2.75, 3.05) is 30.7 Å². The highest BCUT2D eigenvalue weighted by Gasteiger charge is 2.25. The standard InChI is InChI=1S/C18H19N3O5S.C18H18N2O5S.2CH4/c1-4-11-5-7-15(25-3)16(9-11)27(23,24)21-17-13-10-12(18(22)19-2)6-8-14(13)26-20-17;1-4-12-5-7-16(24-3)17(9-12)26(22,23)20-18-14-10-13(11(2)21)6-8-15(14)25-19-18;;/h5-10H,4H2,1-3H3,(H,19,22)(H,20,21);5-10H,4H2,1-3H3,(H,19,20);2*1H4. The van der Waals surface area contributed by atoms with E-state index < -0.39 is 20.0 Å². The fourth-order valence-electron chi connectivity index (χ4n) is 5.20. The molecule has 0 fully saturated rings. The Hall–Kier alpha value is -5.94. The number of rotatable bonds is 12. The summed E-state index contributed by atoms with van der Waals surface area (Å²) in [5.74, 6) is 0.0284. The van der Waals surface area contributed by atoms with E-state index in [0.29, 0.717) is 45.9 Å². The molecule has 294 valence electrons. The molecule has 3 N–H and O–H groups in total. The molecule has 17 heteroatoms. The predicted molar refractivity (Wildman–Crippen MR) is 211 cm³/mol. The van der Waals surface area contributed by atoms with Crippen LogP contribution in [0.3, 0.4) is 0 Å². The first-order valence-electron chi connectivity index (χ1n) is 16.2. The van der Waals surface area contributed by atoms with Crippen molar-refractivity contribution in [3.63, 3.8) is 0 Å². The number of aryl methyl sites for hydroxylation is 2. The number of Topliss-reactive ketones (excluding diaryl/α,β-unsaturated/α-hetero) is 1. The number of ether oxygens (including phenoxy) is 2. The molecule has 0 saturated carbocycles. The van der Waals surface area contributed by atoms with Gasteiger partial charge in [-0.05, 0) is 91.6 Å². The number of fused-ring (bicyclic) bond motifs is 2. The fraction of sp³-hybridized carbons (Fsp3) is 0.263. The summed E-state index contributed by atoms with van der Waals surface area (Å²) in [6, 6.07) is 19.3. The molecule has 6 rings (SSSR count). The maximum atomic E-state index is 12.9. The summed E-state index contributed by atoms with van der Waals surface area (Å²) in [6.07, 6.45) is 1.36. The highest BCUT2D eigenvalue weighted by Crippen LogP contribution is 2.32. The summed E-state index contributed by atoms with van der Waals surface area (Å²) in [6.45, 7) is 5.29. The van der Waals surface area contributed by atoms with Crippen molar-refractivity contribution in [1.82, 2.24) is 15.6 Å². The highest BCUT2D eigenvalue weighted by molar-refractivity contribution is 7.93. The number of carbonyl (C=O) groups is 2. The third-order valence-corrected chi connectivity index (χ3v) is 10.9. The molecule has 4 aromatic carbocycles. The van der Waals surface area contributed by atoms with Crippen LogP contribution in [0.2, 0.25) is 0 Å². The number of carbonyl (C=O) groups excluding carboxylic acids is 2. The number of methoxy groups -OCH3 is 2. The zero-order chi connectivity index (χ0) is 38.5. The third kappa shape index (κ3) is 9.42. The van der Waals surface area contributed by atoms with E-state index in [2.05, 4.69) is 25.1 Å². The molecule has 0 bridgehead atoms. The van der Waals surface area contributed by atoms with E-state index in [1.54, 1.807) is 60.7 Å². The molecular weight excluding hydrogens is 751 g/mol. The molecule has 2 heterocycles. The van der Waals surface area contributed by atoms with E-state index in [4.69, 9.17) is 18.5 Å². The van der Waals surface area contributed by atoms with Gasteiger partial charge in [0.25, 0.3) is 26.0 Å². The van der Waals surface area contributed by atoms with Crippen molar-refractivity contribution in [3.05, 3.63) is 95.1 Å². The molecule has 55 heavy (non-hydrogen) atoms. The van der Waals surface area contributed by atoms with Gasteiger partial charge in [-0.25, -0.2) is 16.8 Å². The lowest BCUT2D eigenvalue weighted by Gasteiger charge is -2.11. The second kappa shape index (κ2) is 17.9. The minimum Gasteiger partial charge on any atom is -0.495 e. The van der Waals surface area contributed by atoms with Crippen LogP contribution >= 0.6 is 0 Å². The quantitative estimate of drug-likeness (QED) is 0.105. The number of ketones is 1. The van der Waals surface area contributed by atoms with Crippen LogP contribution in [0.4, 0.5) is 11.6 Å². The molecule has 0 spiro atoms. The Balaban J connectivity index is 0.000000285. The van der Waals surface area contributed by atoms with Crippen LogP contribution in [0.5, 0.6) is 11.5 Å². The minimum atomic E-state index is -3.99. The lowest BCUT2D eigenvalue weighted by molar-refractivity contribution is 0.0962. The molecule has 0 radical (unpaired) electrons. The normalized spacial score (nSPS) is 11.0. The van der Waals surface area contributed by atoms with Gasteiger partial charge in [-0.15, -0.1) is 0 Å². The number of hydrogen-bond acceptors (Lipinski definition) is 12. The van der Waals surface area contributed by atoms with Crippen molar-refractivity contribution in [2.45, 2.75) is 58.3 Å². The van der Waals surface area contributed by atoms with Gasteiger partial charge in [-0.3, -0.25) is 19.0 Å². The molecule has 0 unspecified atom stereocenters. The van der Waals surface area contributed by atoms with E-state index in [1.807, 2.05) is 19.9 Å². The average molecular weight is 796 g/mol. The Morgan fingerprint density at radius 3 is 1.45 bits per heavy atom. The highest BCUT2D eigenvalue weighted by atomic mass is 32.2. The molecule has 0 atom stereocenters. The topological polar surface area (TPSA) is 209 Å². The molecule has 1 amide bonds. The summed E-state index contributed by atoms with van der Waals surface area (Å²) < 4.78 is 77.1. The number of aromatic nitrogens is 2. The van der Waals surface area contributed by atoms with Crippen LogP contribution in [-0.4, -0.2) is 60.1 Å².